The van der Waals surface area contributed by atoms with Crippen molar-refractivity contribution >= 4 is 21.7 Å². The normalized spacial score (nSPS) is 12.2. The van der Waals surface area contributed by atoms with Gasteiger partial charge in [0.1, 0.15) is 0 Å². The van der Waals surface area contributed by atoms with E-state index in [1.807, 2.05) is 42.5 Å². The van der Waals surface area contributed by atoms with Crippen LogP contribution in [0.2, 0.25) is 0 Å². The highest BCUT2D eigenvalue weighted by atomic mass is 32.2. The number of nitrogens with one attached hydrogen (secondary N) is 2. The summed E-state index contributed by atoms with van der Waals surface area (Å²) in [4.78, 5) is 16.8. The molecule has 0 saturated heterocycles. The van der Waals surface area contributed by atoms with Crippen molar-refractivity contribution < 1.29 is 13.2 Å². The maximum atomic E-state index is 12.5. The van der Waals surface area contributed by atoms with Gasteiger partial charge in [0, 0.05) is 11.9 Å². The molecule has 0 spiro atoms. The van der Waals surface area contributed by atoms with Gasteiger partial charge in [0.15, 0.2) is 0 Å². The molecule has 0 aliphatic rings. The van der Waals surface area contributed by atoms with Crippen LogP contribution in [-0.2, 0) is 10.0 Å². The average molecular weight is 382 g/mol. The first-order chi connectivity index (χ1) is 12.9. The monoisotopic (exact) mass is 382 g/mol. The van der Waals surface area contributed by atoms with E-state index in [1.54, 1.807) is 12.3 Å². The quantitative estimate of drug-likeness (QED) is 0.629. The number of anilines is 1. The summed E-state index contributed by atoms with van der Waals surface area (Å²) in [6.07, 6.45) is 1.66. The minimum absolute atomic E-state index is 0.0240. The van der Waals surface area contributed by atoms with Gasteiger partial charge in [-0.1, -0.05) is 36.4 Å². The van der Waals surface area contributed by atoms with Crippen LogP contribution in [0.4, 0.5) is 10.5 Å². The second kappa shape index (κ2) is 7.98. The van der Waals surface area contributed by atoms with Crippen LogP contribution in [0.15, 0.2) is 83.9 Å². The minimum atomic E-state index is -3.78. The topological polar surface area (TPSA) is 114 Å². The second-order valence-corrected chi connectivity index (χ2v) is 7.33. The number of primary sulfonamides is 1. The fraction of sp³-hybridized carbons (Fsp3) is 0.0526. The molecule has 1 unspecified atom stereocenters. The highest BCUT2D eigenvalue weighted by molar-refractivity contribution is 7.89. The first-order valence-electron chi connectivity index (χ1n) is 8.10. The maximum Gasteiger partial charge on any atom is 0.320 e. The number of benzene rings is 2. The third kappa shape index (κ3) is 4.90. The van der Waals surface area contributed by atoms with E-state index < -0.39 is 22.1 Å². The third-order valence-electron chi connectivity index (χ3n) is 3.83. The van der Waals surface area contributed by atoms with E-state index in [-0.39, 0.29) is 4.90 Å². The predicted molar refractivity (Wildman–Crippen MR) is 102 cm³/mol. The van der Waals surface area contributed by atoms with E-state index in [9.17, 15) is 13.2 Å². The number of hydrogen-bond acceptors (Lipinski definition) is 4. The van der Waals surface area contributed by atoms with Crippen molar-refractivity contribution in [3.05, 3.63) is 90.3 Å². The average Bonchev–Trinajstić information content (AvgIpc) is 2.67. The van der Waals surface area contributed by atoms with E-state index in [0.717, 1.165) is 5.56 Å². The molecule has 1 atom stereocenters. The summed E-state index contributed by atoms with van der Waals surface area (Å²) in [6.45, 7) is 0. The van der Waals surface area contributed by atoms with Crippen molar-refractivity contribution in [2.45, 2.75) is 10.9 Å². The Labute approximate surface area is 157 Å². The van der Waals surface area contributed by atoms with Crippen LogP contribution in [-0.4, -0.2) is 19.4 Å². The Morgan fingerprint density at radius 3 is 2.19 bits per heavy atom. The Balaban J connectivity index is 1.77. The fourth-order valence-corrected chi connectivity index (χ4v) is 3.06. The first kappa shape index (κ1) is 18.6. The molecule has 4 N–H and O–H groups in total. The lowest BCUT2D eigenvalue weighted by atomic mass is 10.0. The molecular weight excluding hydrogens is 364 g/mol. The lowest BCUT2D eigenvalue weighted by molar-refractivity contribution is 0.250. The lowest BCUT2D eigenvalue weighted by Gasteiger charge is -2.19. The van der Waals surface area contributed by atoms with Gasteiger partial charge in [-0.25, -0.2) is 18.4 Å². The summed E-state index contributed by atoms with van der Waals surface area (Å²) in [7, 11) is -3.78. The van der Waals surface area contributed by atoms with Crippen molar-refractivity contribution in [2.24, 2.45) is 5.14 Å². The largest absolute Gasteiger partial charge is 0.325 e. The van der Waals surface area contributed by atoms with Crippen LogP contribution < -0.4 is 15.8 Å². The van der Waals surface area contributed by atoms with Gasteiger partial charge in [-0.15, -0.1) is 0 Å². The predicted octanol–water partition coefficient (Wildman–Crippen LogP) is 2.64. The molecule has 0 bridgehead atoms. The number of aromatic nitrogens is 1. The number of sulfonamides is 1. The minimum Gasteiger partial charge on any atom is -0.325 e. The SMILES string of the molecule is NS(=O)(=O)c1ccc(NC(=O)NC(c2ccccc2)c2ccccn2)cc1. The van der Waals surface area contributed by atoms with E-state index >= 15 is 0 Å². The molecule has 1 heterocycles. The van der Waals surface area contributed by atoms with Crippen molar-refractivity contribution in [3.63, 3.8) is 0 Å². The summed E-state index contributed by atoms with van der Waals surface area (Å²) in [5, 5.41) is 10.6. The number of carbonyl (C=O) groups is 1. The molecule has 2 aromatic carbocycles. The molecule has 2 amide bonds. The zero-order valence-corrected chi connectivity index (χ0v) is 15.1. The van der Waals surface area contributed by atoms with Gasteiger partial charge in [-0.3, -0.25) is 4.98 Å². The molecule has 1 aromatic heterocycles. The number of nitrogens with zero attached hydrogens (tertiary/aromatic N) is 1. The van der Waals surface area contributed by atoms with E-state index in [1.165, 1.54) is 24.3 Å². The van der Waals surface area contributed by atoms with E-state index in [2.05, 4.69) is 15.6 Å². The molecule has 0 fully saturated rings. The standard InChI is InChI=1S/C19H18N4O3S/c20-27(25,26)16-11-9-15(10-12-16)22-19(24)23-18(14-6-2-1-3-7-14)17-8-4-5-13-21-17/h1-13,18H,(H2,20,25,26)(H2,22,23,24). The second-order valence-electron chi connectivity index (χ2n) is 5.77. The molecule has 0 radical (unpaired) electrons. The summed E-state index contributed by atoms with van der Waals surface area (Å²) < 4.78 is 22.6. The Kier molecular flexibility index (Phi) is 5.49. The van der Waals surface area contributed by atoms with Gasteiger partial charge >= 0.3 is 6.03 Å². The smallest absolute Gasteiger partial charge is 0.320 e. The van der Waals surface area contributed by atoms with Gasteiger partial charge in [0.05, 0.1) is 16.6 Å². The van der Waals surface area contributed by atoms with Gasteiger partial charge in [0.2, 0.25) is 10.0 Å². The fourth-order valence-electron chi connectivity index (χ4n) is 2.55. The highest BCUT2D eigenvalue weighted by Crippen LogP contribution is 2.20. The van der Waals surface area contributed by atoms with Crippen LogP contribution in [0.1, 0.15) is 17.3 Å². The zero-order valence-electron chi connectivity index (χ0n) is 14.2. The van der Waals surface area contributed by atoms with Crippen LogP contribution in [0.3, 0.4) is 0 Å². The van der Waals surface area contributed by atoms with Crippen molar-refractivity contribution in [3.8, 4) is 0 Å². The molecule has 3 aromatic rings. The van der Waals surface area contributed by atoms with Crippen molar-refractivity contribution in [1.29, 1.82) is 0 Å². The Morgan fingerprint density at radius 1 is 0.926 bits per heavy atom. The molecule has 138 valence electrons. The summed E-state index contributed by atoms with van der Waals surface area (Å²) >= 11 is 0. The molecule has 27 heavy (non-hydrogen) atoms. The van der Waals surface area contributed by atoms with Crippen LogP contribution in [0.25, 0.3) is 0 Å². The zero-order chi connectivity index (χ0) is 19.3. The molecule has 0 aliphatic carbocycles. The van der Waals surface area contributed by atoms with Crippen molar-refractivity contribution in [1.82, 2.24) is 10.3 Å². The molecule has 7 nitrogen and oxygen atoms in total. The maximum absolute atomic E-state index is 12.5. The van der Waals surface area contributed by atoms with E-state index in [4.69, 9.17) is 5.14 Å². The number of nitrogens with two attached hydrogens (primary N) is 1. The van der Waals surface area contributed by atoms with Crippen LogP contribution in [0, 0.1) is 0 Å². The van der Waals surface area contributed by atoms with Crippen molar-refractivity contribution in [2.75, 3.05) is 5.32 Å². The van der Waals surface area contributed by atoms with Gasteiger partial charge in [-0.05, 0) is 42.0 Å². The first-order valence-corrected chi connectivity index (χ1v) is 9.64. The lowest BCUT2D eigenvalue weighted by Crippen LogP contribution is -2.33. The summed E-state index contributed by atoms with van der Waals surface area (Å²) in [6, 6.07) is 19.7. The molecule has 0 saturated carbocycles. The molecule has 3 rings (SSSR count). The number of urea groups is 1. The number of carbonyl (C=O) groups excluding carboxylic acids is 1. The summed E-state index contributed by atoms with van der Waals surface area (Å²) in [5.41, 5.74) is 2.02. The number of pyridine rings is 1. The molecule has 8 heteroatoms. The number of rotatable bonds is 5. The van der Waals surface area contributed by atoms with Gasteiger partial charge < -0.3 is 10.6 Å². The third-order valence-corrected chi connectivity index (χ3v) is 4.76. The Bertz CT molecular complexity index is 968. The van der Waals surface area contributed by atoms with Gasteiger partial charge in [-0.2, -0.15) is 0 Å². The molecular formula is C19H18N4O3S. The summed E-state index contributed by atoms with van der Waals surface area (Å²) in [5.74, 6) is 0. The number of amides is 2. The Morgan fingerprint density at radius 2 is 1.59 bits per heavy atom. The highest BCUT2D eigenvalue weighted by Gasteiger charge is 2.18. The van der Waals surface area contributed by atoms with E-state index in [0.29, 0.717) is 11.4 Å². The Hall–Kier alpha value is -3.23. The molecule has 0 aliphatic heterocycles. The van der Waals surface area contributed by atoms with Crippen LogP contribution >= 0.6 is 0 Å². The number of hydrogen-bond donors (Lipinski definition) is 3. The van der Waals surface area contributed by atoms with Gasteiger partial charge in [0.25, 0.3) is 0 Å². The van der Waals surface area contributed by atoms with Crippen LogP contribution in [0.5, 0.6) is 0 Å².